The fourth-order valence-electron chi connectivity index (χ4n) is 1.79. The minimum absolute atomic E-state index is 0.0321. The summed E-state index contributed by atoms with van der Waals surface area (Å²) in [5.41, 5.74) is 9.00. The van der Waals surface area contributed by atoms with E-state index in [9.17, 15) is 4.79 Å². The third-order valence-corrected chi connectivity index (χ3v) is 3.01. The molecular weight excluding hydrogens is 228 g/mol. The summed E-state index contributed by atoms with van der Waals surface area (Å²) in [6.07, 6.45) is 1.70. The predicted octanol–water partition coefficient (Wildman–Crippen LogP) is 1.24. The van der Waals surface area contributed by atoms with Gasteiger partial charge >= 0.3 is 0 Å². The highest BCUT2D eigenvalue weighted by Gasteiger charge is 2.11. The molecule has 0 unspecified atom stereocenters. The van der Waals surface area contributed by atoms with Gasteiger partial charge in [-0.2, -0.15) is 0 Å². The van der Waals surface area contributed by atoms with Crippen molar-refractivity contribution < 1.29 is 4.79 Å². The summed E-state index contributed by atoms with van der Waals surface area (Å²) in [5, 5.41) is 7.73. The van der Waals surface area contributed by atoms with Gasteiger partial charge in [0.15, 0.2) is 5.78 Å². The SMILES string of the molecule is Cc1cccc(C(=O)Cn2cc(CN)nn2)c1C. The Bertz CT molecular complexity index is 574. The van der Waals surface area contributed by atoms with Crippen molar-refractivity contribution in [3.8, 4) is 0 Å². The summed E-state index contributed by atoms with van der Waals surface area (Å²) in [4.78, 5) is 12.2. The van der Waals surface area contributed by atoms with Gasteiger partial charge in [-0.05, 0) is 25.0 Å². The molecule has 0 aliphatic heterocycles. The number of benzene rings is 1. The van der Waals surface area contributed by atoms with E-state index in [0.717, 1.165) is 16.7 Å². The van der Waals surface area contributed by atoms with Crippen LogP contribution in [0.15, 0.2) is 24.4 Å². The Morgan fingerprint density at radius 1 is 1.39 bits per heavy atom. The highest BCUT2D eigenvalue weighted by atomic mass is 16.1. The van der Waals surface area contributed by atoms with Gasteiger partial charge in [-0.25, -0.2) is 4.68 Å². The number of nitrogens with two attached hydrogens (primary N) is 1. The first-order chi connectivity index (χ1) is 8.61. The van der Waals surface area contributed by atoms with Gasteiger partial charge in [-0.15, -0.1) is 5.10 Å². The molecule has 0 bridgehead atoms. The summed E-state index contributed by atoms with van der Waals surface area (Å²) in [5.74, 6) is 0.0321. The van der Waals surface area contributed by atoms with Gasteiger partial charge in [0, 0.05) is 12.1 Å². The van der Waals surface area contributed by atoms with Crippen molar-refractivity contribution in [1.82, 2.24) is 15.0 Å². The fourth-order valence-corrected chi connectivity index (χ4v) is 1.79. The summed E-state index contributed by atoms with van der Waals surface area (Å²) in [6.45, 7) is 4.47. The van der Waals surface area contributed by atoms with Crippen LogP contribution in [0.2, 0.25) is 0 Å². The number of aromatic nitrogens is 3. The molecule has 1 aromatic heterocycles. The summed E-state index contributed by atoms with van der Waals surface area (Å²) < 4.78 is 1.52. The monoisotopic (exact) mass is 244 g/mol. The lowest BCUT2D eigenvalue weighted by Crippen LogP contribution is -2.12. The number of hydrogen-bond acceptors (Lipinski definition) is 4. The van der Waals surface area contributed by atoms with Crippen LogP contribution in [0.5, 0.6) is 0 Å². The Balaban J connectivity index is 2.19. The van der Waals surface area contributed by atoms with Crippen molar-refractivity contribution in [1.29, 1.82) is 0 Å². The zero-order valence-corrected chi connectivity index (χ0v) is 10.6. The molecule has 0 saturated heterocycles. The number of carbonyl (C=O) groups is 1. The number of Topliss-reactive ketones (excluding diaryl/α,β-unsaturated/α-hetero) is 1. The lowest BCUT2D eigenvalue weighted by Gasteiger charge is -2.07. The van der Waals surface area contributed by atoms with Crippen LogP contribution in [-0.4, -0.2) is 20.8 Å². The normalized spacial score (nSPS) is 10.6. The van der Waals surface area contributed by atoms with Crippen molar-refractivity contribution in [2.75, 3.05) is 0 Å². The van der Waals surface area contributed by atoms with E-state index in [4.69, 9.17) is 5.73 Å². The molecule has 1 heterocycles. The fraction of sp³-hybridized carbons (Fsp3) is 0.308. The molecule has 94 valence electrons. The molecule has 5 nitrogen and oxygen atoms in total. The molecule has 2 N–H and O–H groups in total. The first-order valence-electron chi connectivity index (χ1n) is 5.80. The molecule has 0 spiro atoms. The molecule has 0 amide bonds. The van der Waals surface area contributed by atoms with Crippen molar-refractivity contribution in [2.24, 2.45) is 5.73 Å². The van der Waals surface area contributed by atoms with E-state index in [2.05, 4.69) is 10.3 Å². The van der Waals surface area contributed by atoms with Crippen molar-refractivity contribution in [3.05, 3.63) is 46.8 Å². The minimum Gasteiger partial charge on any atom is -0.325 e. The van der Waals surface area contributed by atoms with Crippen LogP contribution >= 0.6 is 0 Å². The molecule has 0 saturated carbocycles. The zero-order valence-electron chi connectivity index (χ0n) is 10.6. The molecule has 2 rings (SSSR count). The largest absolute Gasteiger partial charge is 0.325 e. The lowest BCUT2D eigenvalue weighted by atomic mass is 10.0. The van der Waals surface area contributed by atoms with E-state index in [-0.39, 0.29) is 12.3 Å². The van der Waals surface area contributed by atoms with Crippen LogP contribution < -0.4 is 5.73 Å². The van der Waals surface area contributed by atoms with Crippen molar-refractivity contribution in [3.63, 3.8) is 0 Å². The van der Waals surface area contributed by atoms with E-state index in [0.29, 0.717) is 12.2 Å². The molecule has 0 atom stereocenters. The van der Waals surface area contributed by atoms with Crippen LogP contribution in [0.25, 0.3) is 0 Å². The smallest absolute Gasteiger partial charge is 0.184 e. The van der Waals surface area contributed by atoms with Gasteiger partial charge in [0.1, 0.15) is 6.54 Å². The lowest BCUT2D eigenvalue weighted by molar-refractivity contribution is 0.0966. The maximum absolute atomic E-state index is 12.2. The molecule has 0 fully saturated rings. The average molecular weight is 244 g/mol. The molecular formula is C13H16N4O. The number of hydrogen-bond donors (Lipinski definition) is 1. The Labute approximate surface area is 106 Å². The maximum atomic E-state index is 12.2. The first-order valence-corrected chi connectivity index (χ1v) is 5.80. The quantitative estimate of drug-likeness (QED) is 0.821. The predicted molar refractivity (Wildman–Crippen MR) is 68.2 cm³/mol. The number of nitrogens with zero attached hydrogens (tertiary/aromatic N) is 3. The van der Waals surface area contributed by atoms with Gasteiger partial charge in [0.05, 0.1) is 11.9 Å². The van der Waals surface area contributed by atoms with E-state index in [1.54, 1.807) is 6.20 Å². The van der Waals surface area contributed by atoms with Crippen molar-refractivity contribution >= 4 is 5.78 Å². The Morgan fingerprint density at radius 2 is 2.17 bits per heavy atom. The summed E-state index contributed by atoms with van der Waals surface area (Å²) >= 11 is 0. The van der Waals surface area contributed by atoms with Gasteiger partial charge in [0.25, 0.3) is 0 Å². The van der Waals surface area contributed by atoms with Gasteiger partial charge in [0.2, 0.25) is 0 Å². The number of aryl methyl sites for hydroxylation is 1. The first kappa shape index (κ1) is 12.4. The molecule has 18 heavy (non-hydrogen) atoms. The highest BCUT2D eigenvalue weighted by Crippen LogP contribution is 2.13. The second-order valence-corrected chi connectivity index (χ2v) is 4.28. The molecule has 0 aliphatic carbocycles. The third-order valence-electron chi connectivity index (χ3n) is 3.01. The molecule has 0 aliphatic rings. The van der Waals surface area contributed by atoms with Gasteiger partial charge in [-0.1, -0.05) is 23.4 Å². The molecule has 0 radical (unpaired) electrons. The van der Waals surface area contributed by atoms with Crippen molar-refractivity contribution in [2.45, 2.75) is 26.9 Å². The Hall–Kier alpha value is -2.01. The number of rotatable bonds is 4. The average Bonchev–Trinajstić information content (AvgIpc) is 2.80. The van der Waals surface area contributed by atoms with Crippen LogP contribution in [0.4, 0.5) is 0 Å². The Morgan fingerprint density at radius 3 is 2.83 bits per heavy atom. The van der Waals surface area contributed by atoms with Crippen LogP contribution in [0, 0.1) is 13.8 Å². The second-order valence-electron chi connectivity index (χ2n) is 4.28. The van der Waals surface area contributed by atoms with E-state index in [1.807, 2.05) is 32.0 Å². The number of carbonyl (C=O) groups excluding carboxylic acids is 1. The van der Waals surface area contributed by atoms with Crippen LogP contribution in [0.3, 0.4) is 0 Å². The van der Waals surface area contributed by atoms with Crippen LogP contribution in [0.1, 0.15) is 27.2 Å². The maximum Gasteiger partial charge on any atom is 0.184 e. The van der Waals surface area contributed by atoms with Gasteiger partial charge < -0.3 is 5.73 Å². The highest BCUT2D eigenvalue weighted by molar-refractivity contribution is 5.97. The molecule has 5 heteroatoms. The summed E-state index contributed by atoms with van der Waals surface area (Å²) in [7, 11) is 0. The van der Waals surface area contributed by atoms with Crippen LogP contribution in [-0.2, 0) is 13.1 Å². The van der Waals surface area contributed by atoms with E-state index < -0.39 is 0 Å². The Kier molecular flexibility index (Phi) is 3.53. The third kappa shape index (κ3) is 2.46. The standard InChI is InChI=1S/C13H16N4O/c1-9-4-3-5-12(10(9)2)13(18)8-17-7-11(6-14)15-16-17/h3-5,7H,6,8,14H2,1-2H3. The van der Waals surface area contributed by atoms with E-state index >= 15 is 0 Å². The minimum atomic E-state index is 0.0321. The molecule has 1 aromatic carbocycles. The zero-order chi connectivity index (χ0) is 13.1. The summed E-state index contributed by atoms with van der Waals surface area (Å²) in [6, 6.07) is 5.72. The van der Waals surface area contributed by atoms with Gasteiger partial charge in [-0.3, -0.25) is 4.79 Å². The van der Waals surface area contributed by atoms with E-state index in [1.165, 1.54) is 4.68 Å². The topological polar surface area (TPSA) is 73.8 Å². The molecule has 2 aromatic rings. The number of ketones is 1. The second kappa shape index (κ2) is 5.10.